The van der Waals surface area contributed by atoms with Crippen LogP contribution in [-0.2, 0) is 4.74 Å². The smallest absolute Gasteiger partial charge is 0.276 e. The fraction of sp³-hybridized carbons (Fsp3) is 0.357. The van der Waals surface area contributed by atoms with Crippen molar-refractivity contribution in [3.63, 3.8) is 0 Å². The average Bonchev–Trinajstić information content (AvgIpc) is 3.36. The Labute approximate surface area is 224 Å². The molecule has 2 fully saturated rings. The Balaban J connectivity index is 1.50. The van der Waals surface area contributed by atoms with Gasteiger partial charge in [-0.3, -0.25) is 9.59 Å². The monoisotopic (exact) mass is 536 g/mol. The summed E-state index contributed by atoms with van der Waals surface area (Å²) in [6.45, 7) is 4.99. The van der Waals surface area contributed by atoms with Crippen molar-refractivity contribution in [2.75, 3.05) is 41.8 Å². The SMILES string of the molecule is CC1CCN(c2c(NC(=O)c3ccc(=O)n(-c4c(F)cccc4F)n3)ccc(NC3CCCOC3)c2C=N)C1. The van der Waals surface area contributed by atoms with Crippen LogP contribution < -0.4 is 21.1 Å². The van der Waals surface area contributed by atoms with Gasteiger partial charge in [0.25, 0.3) is 11.5 Å². The van der Waals surface area contributed by atoms with E-state index in [4.69, 9.17) is 10.1 Å². The standard InChI is InChI=1S/C28H30F2N6O3/c1-17-11-12-35(15-17)26-19(14-31)22(32-18-4-3-13-39-16-18)7-8-23(26)33-28(38)24-9-10-25(37)36(34-24)27-20(29)5-2-6-21(27)30/h2,5-10,14,17-18,31-32H,3-4,11-13,15-16H2,1H3,(H,33,38). The molecule has 2 atom stereocenters. The molecular formula is C28H30F2N6O3. The summed E-state index contributed by atoms with van der Waals surface area (Å²) < 4.78 is 34.9. The van der Waals surface area contributed by atoms with Gasteiger partial charge in [0, 0.05) is 49.3 Å². The number of nitrogens with one attached hydrogen (secondary N) is 3. The highest BCUT2D eigenvalue weighted by Gasteiger charge is 2.27. The van der Waals surface area contributed by atoms with E-state index < -0.39 is 28.8 Å². The van der Waals surface area contributed by atoms with Crippen LogP contribution in [0.3, 0.4) is 0 Å². The number of rotatable bonds is 7. The molecule has 3 heterocycles. The zero-order chi connectivity index (χ0) is 27.5. The minimum atomic E-state index is -0.977. The maximum atomic E-state index is 14.4. The molecular weight excluding hydrogens is 506 g/mol. The molecule has 9 nitrogen and oxygen atoms in total. The molecule has 1 amide bonds. The quantitative estimate of drug-likeness (QED) is 0.391. The third-order valence-electron chi connectivity index (χ3n) is 7.05. The molecule has 0 radical (unpaired) electrons. The van der Waals surface area contributed by atoms with Gasteiger partial charge in [0.05, 0.1) is 18.0 Å². The minimum Gasteiger partial charge on any atom is -0.379 e. The lowest BCUT2D eigenvalue weighted by molar-refractivity contribution is 0.0876. The second-order valence-electron chi connectivity index (χ2n) is 9.96. The van der Waals surface area contributed by atoms with Crippen LogP contribution in [0.4, 0.5) is 25.8 Å². The maximum absolute atomic E-state index is 14.4. The van der Waals surface area contributed by atoms with Gasteiger partial charge in [-0.1, -0.05) is 13.0 Å². The molecule has 0 spiro atoms. The first-order valence-electron chi connectivity index (χ1n) is 13.0. The number of amides is 1. The topological polar surface area (TPSA) is 112 Å². The van der Waals surface area contributed by atoms with Crippen LogP contribution >= 0.6 is 0 Å². The van der Waals surface area contributed by atoms with Crippen LogP contribution in [0.25, 0.3) is 5.69 Å². The fourth-order valence-electron chi connectivity index (χ4n) is 5.10. The van der Waals surface area contributed by atoms with E-state index in [9.17, 15) is 18.4 Å². The zero-order valence-corrected chi connectivity index (χ0v) is 21.5. The zero-order valence-electron chi connectivity index (χ0n) is 21.5. The van der Waals surface area contributed by atoms with Crippen LogP contribution in [0, 0.1) is 23.0 Å². The Hall–Kier alpha value is -4.12. The fourth-order valence-corrected chi connectivity index (χ4v) is 5.10. The van der Waals surface area contributed by atoms with Crippen molar-refractivity contribution in [3.05, 3.63) is 75.7 Å². The first-order valence-corrected chi connectivity index (χ1v) is 13.0. The second-order valence-corrected chi connectivity index (χ2v) is 9.96. The normalized spacial score (nSPS) is 19.1. The first-order chi connectivity index (χ1) is 18.9. The first kappa shape index (κ1) is 26.5. The predicted molar refractivity (Wildman–Crippen MR) is 145 cm³/mol. The largest absolute Gasteiger partial charge is 0.379 e. The van der Waals surface area contributed by atoms with Gasteiger partial charge in [0.2, 0.25) is 0 Å². The van der Waals surface area contributed by atoms with Gasteiger partial charge >= 0.3 is 0 Å². The average molecular weight is 537 g/mol. The summed E-state index contributed by atoms with van der Waals surface area (Å²) in [5, 5.41) is 18.5. The highest BCUT2D eigenvalue weighted by molar-refractivity contribution is 6.08. The molecule has 11 heteroatoms. The summed E-state index contributed by atoms with van der Waals surface area (Å²) in [5.41, 5.74) is 0.949. The summed E-state index contributed by atoms with van der Waals surface area (Å²) in [5.74, 6) is -2.17. The van der Waals surface area contributed by atoms with Crippen molar-refractivity contribution in [3.8, 4) is 5.69 Å². The van der Waals surface area contributed by atoms with Crippen molar-refractivity contribution >= 4 is 29.2 Å². The van der Waals surface area contributed by atoms with Gasteiger partial charge in [0.1, 0.15) is 11.4 Å². The molecule has 0 aliphatic carbocycles. The van der Waals surface area contributed by atoms with E-state index in [1.807, 2.05) is 6.07 Å². The van der Waals surface area contributed by atoms with Gasteiger partial charge in [-0.25, -0.2) is 8.78 Å². The molecule has 0 bridgehead atoms. The van der Waals surface area contributed by atoms with E-state index in [0.717, 1.165) is 62.8 Å². The second kappa shape index (κ2) is 11.3. The summed E-state index contributed by atoms with van der Waals surface area (Å²) in [4.78, 5) is 27.9. The molecule has 5 rings (SSSR count). The molecule has 0 saturated carbocycles. The number of halogens is 2. The van der Waals surface area contributed by atoms with Crippen LogP contribution in [0.15, 0.2) is 47.3 Å². The highest BCUT2D eigenvalue weighted by atomic mass is 19.1. The van der Waals surface area contributed by atoms with Crippen molar-refractivity contribution in [2.24, 2.45) is 5.92 Å². The summed E-state index contributed by atoms with van der Waals surface area (Å²) in [6.07, 6.45) is 4.16. The van der Waals surface area contributed by atoms with Crippen molar-refractivity contribution in [1.29, 1.82) is 5.41 Å². The highest BCUT2D eigenvalue weighted by Crippen LogP contribution is 2.38. The summed E-state index contributed by atoms with van der Waals surface area (Å²) >= 11 is 0. The van der Waals surface area contributed by atoms with E-state index in [-0.39, 0.29) is 11.7 Å². The van der Waals surface area contributed by atoms with Crippen molar-refractivity contribution < 1.29 is 18.3 Å². The lowest BCUT2D eigenvalue weighted by Gasteiger charge is -2.29. The molecule has 39 heavy (non-hydrogen) atoms. The van der Waals surface area contributed by atoms with Gasteiger partial charge in [-0.2, -0.15) is 9.78 Å². The lowest BCUT2D eigenvalue weighted by Crippen LogP contribution is -2.31. The van der Waals surface area contributed by atoms with Gasteiger partial charge in [0.15, 0.2) is 11.6 Å². The van der Waals surface area contributed by atoms with Gasteiger partial charge in [-0.05, 0) is 55.5 Å². The number of anilines is 3. The molecule has 2 aliphatic heterocycles. The predicted octanol–water partition coefficient (Wildman–Crippen LogP) is 4.20. The number of carbonyl (C=O) groups excluding carboxylic acids is 1. The number of aromatic nitrogens is 2. The number of hydrogen-bond donors (Lipinski definition) is 3. The third kappa shape index (κ3) is 5.53. The van der Waals surface area contributed by atoms with Gasteiger partial charge < -0.3 is 25.7 Å². The van der Waals surface area contributed by atoms with E-state index in [1.54, 1.807) is 6.07 Å². The molecule has 3 N–H and O–H groups in total. The van der Waals surface area contributed by atoms with Crippen molar-refractivity contribution in [1.82, 2.24) is 9.78 Å². The number of para-hydroxylation sites is 1. The number of ether oxygens (including phenoxy) is 1. The van der Waals surface area contributed by atoms with E-state index in [1.165, 1.54) is 18.3 Å². The number of benzene rings is 2. The maximum Gasteiger partial charge on any atom is 0.276 e. The van der Waals surface area contributed by atoms with Crippen LogP contribution in [0.2, 0.25) is 0 Å². The van der Waals surface area contributed by atoms with Crippen LogP contribution in [0.5, 0.6) is 0 Å². The van der Waals surface area contributed by atoms with Crippen molar-refractivity contribution in [2.45, 2.75) is 32.2 Å². The summed E-state index contributed by atoms with van der Waals surface area (Å²) in [7, 11) is 0. The number of hydrogen-bond acceptors (Lipinski definition) is 7. The molecule has 2 aromatic carbocycles. The molecule has 2 saturated heterocycles. The Morgan fingerprint density at radius 1 is 1.10 bits per heavy atom. The van der Waals surface area contributed by atoms with Gasteiger partial charge in [-0.15, -0.1) is 0 Å². The molecule has 3 aromatic rings. The Kier molecular flexibility index (Phi) is 7.69. The van der Waals surface area contributed by atoms with E-state index >= 15 is 0 Å². The van der Waals surface area contributed by atoms with Crippen LogP contribution in [0.1, 0.15) is 42.2 Å². The Morgan fingerprint density at radius 3 is 2.54 bits per heavy atom. The Bertz CT molecular complexity index is 1430. The number of carbonyl (C=O) groups is 1. The lowest BCUT2D eigenvalue weighted by atomic mass is 10.0. The Morgan fingerprint density at radius 2 is 1.87 bits per heavy atom. The number of nitrogens with zero attached hydrogens (tertiary/aromatic N) is 3. The minimum absolute atomic E-state index is 0.118. The van der Waals surface area contributed by atoms with Crippen LogP contribution in [-0.4, -0.2) is 54.2 Å². The summed E-state index contributed by atoms with van der Waals surface area (Å²) in [6, 6.07) is 9.15. The molecule has 2 unspecified atom stereocenters. The molecule has 204 valence electrons. The van der Waals surface area contributed by atoms with E-state index in [0.29, 0.717) is 34.1 Å². The molecule has 2 aliphatic rings. The molecule has 1 aromatic heterocycles. The van der Waals surface area contributed by atoms with E-state index in [2.05, 4.69) is 27.6 Å². The third-order valence-corrected chi connectivity index (χ3v) is 7.05.